The van der Waals surface area contributed by atoms with Gasteiger partial charge in [-0.1, -0.05) is 24.3 Å². The van der Waals surface area contributed by atoms with Crippen molar-refractivity contribution >= 4 is 23.9 Å². The molecule has 2 heterocycles. The number of allylic oxidation sites excluding steroid dienone is 6. The maximum atomic E-state index is 12.3. The SMILES string of the molecule is O=C1OC(=O)C2C1CC=C1C=CC3=CCC4C(=O)OC(=O)C4C3C12. The smallest absolute Gasteiger partial charge is 0.318 e. The zero-order valence-corrected chi connectivity index (χ0v) is 12.6. The first kappa shape index (κ1) is 13.9. The van der Waals surface area contributed by atoms with Crippen LogP contribution >= 0.6 is 0 Å². The number of cyclic esters (lactones) is 4. The van der Waals surface area contributed by atoms with Crippen LogP contribution in [-0.4, -0.2) is 23.9 Å². The molecule has 6 nitrogen and oxygen atoms in total. The van der Waals surface area contributed by atoms with E-state index in [1.807, 2.05) is 24.3 Å². The summed E-state index contributed by atoms with van der Waals surface area (Å²) < 4.78 is 9.72. The molecule has 0 aromatic carbocycles. The predicted octanol–water partition coefficient (Wildman–Crippen LogP) is 1.08. The highest BCUT2D eigenvalue weighted by atomic mass is 16.6. The highest BCUT2D eigenvalue weighted by Crippen LogP contribution is 2.55. The molecule has 0 aromatic heterocycles. The van der Waals surface area contributed by atoms with Gasteiger partial charge in [-0.2, -0.15) is 0 Å². The minimum absolute atomic E-state index is 0.315. The predicted molar refractivity (Wildman–Crippen MR) is 77.7 cm³/mol. The van der Waals surface area contributed by atoms with Crippen LogP contribution in [0.5, 0.6) is 0 Å². The van der Waals surface area contributed by atoms with Crippen molar-refractivity contribution in [1.82, 2.24) is 0 Å². The Kier molecular flexibility index (Phi) is 2.62. The summed E-state index contributed by atoms with van der Waals surface area (Å²) in [4.78, 5) is 48.5. The number of hydrogen-bond donors (Lipinski definition) is 0. The number of carbonyl (C=O) groups is 4. The quantitative estimate of drug-likeness (QED) is 0.489. The molecule has 0 N–H and O–H groups in total. The van der Waals surface area contributed by atoms with Gasteiger partial charge in [0.1, 0.15) is 0 Å². The van der Waals surface area contributed by atoms with Crippen LogP contribution in [0.3, 0.4) is 0 Å². The van der Waals surface area contributed by atoms with Gasteiger partial charge in [0, 0.05) is 11.8 Å². The summed E-state index contributed by atoms with van der Waals surface area (Å²) in [5.74, 6) is -4.80. The molecule has 122 valence electrons. The lowest BCUT2D eigenvalue weighted by atomic mass is 9.57. The third-order valence-corrected chi connectivity index (χ3v) is 6.03. The van der Waals surface area contributed by atoms with E-state index in [0.29, 0.717) is 12.8 Å². The van der Waals surface area contributed by atoms with Gasteiger partial charge in [-0.05, 0) is 24.0 Å². The summed E-state index contributed by atoms with van der Waals surface area (Å²) in [6, 6.07) is 0. The van der Waals surface area contributed by atoms with Crippen molar-refractivity contribution in [2.75, 3.05) is 0 Å². The molecule has 0 radical (unpaired) electrons. The van der Waals surface area contributed by atoms with E-state index >= 15 is 0 Å². The number of fused-ring (bicyclic) bond motifs is 7. The fourth-order valence-electron chi connectivity index (χ4n) is 5.01. The zero-order valence-electron chi connectivity index (χ0n) is 12.6. The van der Waals surface area contributed by atoms with Gasteiger partial charge in [0.25, 0.3) is 0 Å². The first-order valence-electron chi connectivity index (χ1n) is 8.15. The van der Waals surface area contributed by atoms with Crippen LogP contribution in [0.25, 0.3) is 0 Å². The van der Waals surface area contributed by atoms with E-state index in [-0.39, 0.29) is 11.8 Å². The Balaban J connectivity index is 1.66. The number of rotatable bonds is 0. The monoisotopic (exact) mass is 326 g/mol. The minimum atomic E-state index is -0.585. The molecule has 5 aliphatic rings. The third kappa shape index (κ3) is 1.60. The van der Waals surface area contributed by atoms with Crippen molar-refractivity contribution in [2.24, 2.45) is 35.5 Å². The molecule has 0 aromatic rings. The number of ether oxygens (including phenoxy) is 2. The minimum Gasteiger partial charge on any atom is -0.393 e. The summed E-state index contributed by atoms with van der Waals surface area (Å²) in [6.45, 7) is 0. The van der Waals surface area contributed by atoms with Crippen molar-refractivity contribution in [2.45, 2.75) is 12.8 Å². The average molecular weight is 326 g/mol. The molecule has 6 unspecified atom stereocenters. The molecule has 0 spiro atoms. The Morgan fingerprint density at radius 1 is 0.625 bits per heavy atom. The van der Waals surface area contributed by atoms with Gasteiger partial charge in [0.15, 0.2) is 0 Å². The maximum absolute atomic E-state index is 12.3. The summed E-state index contributed by atoms with van der Waals surface area (Å²) >= 11 is 0. The lowest BCUT2D eigenvalue weighted by molar-refractivity contribution is -0.156. The Bertz CT molecular complexity index is 734. The summed E-state index contributed by atoms with van der Waals surface area (Å²) in [5, 5.41) is 0. The topological polar surface area (TPSA) is 86.7 Å². The highest BCUT2D eigenvalue weighted by molar-refractivity contribution is 5.99. The fraction of sp³-hybridized carbons (Fsp3) is 0.444. The van der Waals surface area contributed by atoms with E-state index in [9.17, 15) is 19.2 Å². The molecule has 3 aliphatic carbocycles. The number of esters is 4. The molecule has 0 bridgehead atoms. The van der Waals surface area contributed by atoms with E-state index in [0.717, 1.165) is 11.1 Å². The van der Waals surface area contributed by atoms with E-state index in [4.69, 9.17) is 9.47 Å². The second-order valence-corrected chi connectivity index (χ2v) is 7.01. The van der Waals surface area contributed by atoms with Crippen LogP contribution in [0.4, 0.5) is 0 Å². The Labute approximate surface area is 137 Å². The van der Waals surface area contributed by atoms with Crippen LogP contribution in [0.15, 0.2) is 35.5 Å². The lowest BCUT2D eigenvalue weighted by Crippen LogP contribution is -2.44. The molecule has 5 rings (SSSR count). The standard InChI is InChI=1S/C18H14O6/c19-15-9-5-3-7-1-2-8-4-6-10-14(18(22)24-16(10)20)12(8)11(7)13(9)17(21)23-15/h1-4,9-14H,5-6H2. The molecule has 2 saturated heterocycles. The molecule has 0 saturated carbocycles. The molecule has 2 fully saturated rings. The second kappa shape index (κ2) is 4.53. The second-order valence-electron chi connectivity index (χ2n) is 7.01. The molecular weight excluding hydrogens is 312 g/mol. The van der Waals surface area contributed by atoms with Gasteiger partial charge in [0.05, 0.1) is 23.7 Å². The first-order chi connectivity index (χ1) is 11.6. The maximum Gasteiger partial charge on any atom is 0.318 e. The Morgan fingerprint density at radius 3 is 1.46 bits per heavy atom. The lowest BCUT2D eigenvalue weighted by Gasteiger charge is -2.43. The van der Waals surface area contributed by atoms with Gasteiger partial charge >= 0.3 is 23.9 Å². The van der Waals surface area contributed by atoms with E-state index in [1.54, 1.807) is 0 Å². The third-order valence-electron chi connectivity index (χ3n) is 6.03. The molecule has 2 aliphatic heterocycles. The Hall–Kier alpha value is -2.50. The van der Waals surface area contributed by atoms with Crippen molar-refractivity contribution in [3.05, 3.63) is 35.5 Å². The van der Waals surface area contributed by atoms with Gasteiger partial charge < -0.3 is 9.47 Å². The summed E-state index contributed by atoms with van der Waals surface area (Å²) in [6.07, 6.45) is 8.72. The molecule has 24 heavy (non-hydrogen) atoms. The summed E-state index contributed by atoms with van der Waals surface area (Å²) in [7, 11) is 0. The van der Waals surface area contributed by atoms with Crippen LogP contribution in [0, 0.1) is 35.5 Å². The van der Waals surface area contributed by atoms with Crippen molar-refractivity contribution in [3.8, 4) is 0 Å². The van der Waals surface area contributed by atoms with Gasteiger partial charge in [0.2, 0.25) is 0 Å². The summed E-state index contributed by atoms with van der Waals surface area (Å²) in [5.41, 5.74) is 1.88. The fourth-order valence-corrected chi connectivity index (χ4v) is 5.01. The van der Waals surface area contributed by atoms with Gasteiger partial charge in [-0.3, -0.25) is 19.2 Å². The Morgan fingerprint density at radius 2 is 1.04 bits per heavy atom. The highest BCUT2D eigenvalue weighted by Gasteiger charge is 2.60. The largest absolute Gasteiger partial charge is 0.393 e. The molecule has 6 atom stereocenters. The molecular formula is C18H14O6. The van der Waals surface area contributed by atoms with Crippen LogP contribution in [-0.2, 0) is 28.7 Å². The van der Waals surface area contributed by atoms with E-state index < -0.39 is 47.5 Å². The van der Waals surface area contributed by atoms with Crippen molar-refractivity contribution in [1.29, 1.82) is 0 Å². The average Bonchev–Trinajstić information content (AvgIpc) is 3.03. The van der Waals surface area contributed by atoms with Crippen LogP contribution in [0.2, 0.25) is 0 Å². The number of carbonyl (C=O) groups excluding carboxylic acids is 4. The number of hydrogen-bond acceptors (Lipinski definition) is 6. The molecule has 0 amide bonds. The van der Waals surface area contributed by atoms with Gasteiger partial charge in [-0.25, -0.2) is 0 Å². The van der Waals surface area contributed by atoms with Crippen LogP contribution < -0.4 is 0 Å². The van der Waals surface area contributed by atoms with Gasteiger partial charge in [-0.15, -0.1) is 0 Å². The van der Waals surface area contributed by atoms with E-state index in [2.05, 4.69) is 0 Å². The molecule has 6 heteroatoms. The van der Waals surface area contributed by atoms with Crippen molar-refractivity contribution in [3.63, 3.8) is 0 Å². The zero-order chi connectivity index (χ0) is 16.6. The normalized spacial score (nSPS) is 42.3. The van der Waals surface area contributed by atoms with E-state index in [1.165, 1.54) is 0 Å². The van der Waals surface area contributed by atoms with Crippen molar-refractivity contribution < 1.29 is 28.7 Å². The first-order valence-corrected chi connectivity index (χ1v) is 8.15. The van der Waals surface area contributed by atoms with Crippen LogP contribution in [0.1, 0.15) is 12.8 Å².